The molecule has 0 spiro atoms. The molecule has 0 aliphatic carbocycles. The van der Waals surface area contributed by atoms with Crippen molar-refractivity contribution in [2.75, 3.05) is 5.73 Å². The van der Waals surface area contributed by atoms with E-state index in [1.165, 1.54) is 0 Å². The fraction of sp³-hybridized carbons (Fsp3) is 0.200. The molecule has 5 nitrogen and oxygen atoms in total. The highest BCUT2D eigenvalue weighted by molar-refractivity contribution is 6.30. The molecule has 0 unspecified atom stereocenters. The molecular formula is C10H10ClN3O2. The van der Waals surface area contributed by atoms with Crippen molar-refractivity contribution in [1.29, 1.82) is 0 Å². The second-order valence-electron chi connectivity index (χ2n) is 3.27. The van der Waals surface area contributed by atoms with Crippen molar-refractivity contribution in [2.24, 2.45) is 0 Å². The summed E-state index contributed by atoms with van der Waals surface area (Å²) in [6, 6.07) is 5.05. The third-order valence-corrected chi connectivity index (χ3v) is 2.32. The van der Waals surface area contributed by atoms with Crippen LogP contribution in [0.5, 0.6) is 5.75 Å². The lowest BCUT2D eigenvalue weighted by Gasteiger charge is -2.07. The number of benzene rings is 1. The molecule has 0 aliphatic rings. The Balaban J connectivity index is 2.08. The largest absolute Gasteiger partial charge is 0.485 e. The van der Waals surface area contributed by atoms with Crippen LogP contribution in [0, 0.1) is 6.92 Å². The first kappa shape index (κ1) is 10.8. The van der Waals surface area contributed by atoms with Crippen LogP contribution in [0.4, 0.5) is 5.69 Å². The standard InChI is InChI=1S/C10H10ClN3O2/c1-6-9(14-16-13-6)5-15-10-3-2-7(11)4-8(10)12/h2-4H,5,12H2,1H3. The summed E-state index contributed by atoms with van der Waals surface area (Å²) in [5.41, 5.74) is 7.57. The Morgan fingerprint density at radius 2 is 2.25 bits per heavy atom. The summed E-state index contributed by atoms with van der Waals surface area (Å²) >= 11 is 5.77. The first-order chi connectivity index (χ1) is 7.66. The Hall–Kier alpha value is -1.75. The van der Waals surface area contributed by atoms with Gasteiger partial charge in [0.2, 0.25) is 0 Å². The predicted octanol–water partition coefficient (Wildman–Crippen LogP) is 2.19. The van der Waals surface area contributed by atoms with Gasteiger partial charge in [0.05, 0.1) is 5.69 Å². The van der Waals surface area contributed by atoms with E-state index >= 15 is 0 Å². The summed E-state index contributed by atoms with van der Waals surface area (Å²) < 4.78 is 10.0. The van der Waals surface area contributed by atoms with Gasteiger partial charge in [-0.2, -0.15) is 0 Å². The highest BCUT2D eigenvalue weighted by Crippen LogP contribution is 2.25. The van der Waals surface area contributed by atoms with Gasteiger partial charge < -0.3 is 10.5 Å². The lowest BCUT2D eigenvalue weighted by molar-refractivity contribution is 0.271. The molecule has 1 heterocycles. The highest BCUT2D eigenvalue weighted by Gasteiger charge is 2.07. The van der Waals surface area contributed by atoms with E-state index < -0.39 is 0 Å². The van der Waals surface area contributed by atoms with Gasteiger partial charge in [-0.1, -0.05) is 21.9 Å². The second kappa shape index (κ2) is 4.40. The summed E-state index contributed by atoms with van der Waals surface area (Å²) in [7, 11) is 0. The van der Waals surface area contributed by atoms with Gasteiger partial charge in [0.25, 0.3) is 0 Å². The maximum atomic E-state index is 5.77. The molecule has 0 radical (unpaired) electrons. The maximum Gasteiger partial charge on any atom is 0.145 e. The molecule has 1 aromatic heterocycles. The van der Waals surface area contributed by atoms with Crippen LogP contribution in [0.1, 0.15) is 11.4 Å². The summed E-state index contributed by atoms with van der Waals surface area (Å²) in [5, 5.41) is 7.92. The average molecular weight is 240 g/mol. The molecule has 2 rings (SSSR count). The molecule has 0 bridgehead atoms. The van der Waals surface area contributed by atoms with Crippen LogP contribution >= 0.6 is 11.6 Å². The lowest BCUT2D eigenvalue weighted by Crippen LogP contribution is -2.00. The molecule has 2 N–H and O–H groups in total. The molecule has 84 valence electrons. The van der Waals surface area contributed by atoms with E-state index in [2.05, 4.69) is 14.9 Å². The van der Waals surface area contributed by atoms with Crippen molar-refractivity contribution in [2.45, 2.75) is 13.5 Å². The van der Waals surface area contributed by atoms with Gasteiger partial charge >= 0.3 is 0 Å². The van der Waals surface area contributed by atoms with Crippen molar-refractivity contribution in [3.63, 3.8) is 0 Å². The molecule has 0 aliphatic heterocycles. The fourth-order valence-electron chi connectivity index (χ4n) is 1.18. The zero-order valence-corrected chi connectivity index (χ0v) is 9.36. The van der Waals surface area contributed by atoms with Gasteiger partial charge in [0.1, 0.15) is 23.7 Å². The first-order valence-electron chi connectivity index (χ1n) is 4.62. The van der Waals surface area contributed by atoms with E-state index in [0.29, 0.717) is 27.8 Å². The van der Waals surface area contributed by atoms with Crippen molar-refractivity contribution >= 4 is 17.3 Å². The molecule has 0 atom stereocenters. The molecule has 0 fully saturated rings. The monoisotopic (exact) mass is 239 g/mol. The van der Waals surface area contributed by atoms with Crippen LogP contribution in [0.15, 0.2) is 22.8 Å². The number of rotatable bonds is 3. The van der Waals surface area contributed by atoms with Gasteiger partial charge in [-0.05, 0) is 25.1 Å². The van der Waals surface area contributed by atoms with Gasteiger partial charge in [-0.15, -0.1) is 0 Å². The van der Waals surface area contributed by atoms with E-state index in [1.54, 1.807) is 25.1 Å². The minimum atomic E-state index is 0.265. The summed E-state index contributed by atoms with van der Waals surface area (Å²) in [6.07, 6.45) is 0. The van der Waals surface area contributed by atoms with Gasteiger partial charge in [-0.25, -0.2) is 4.63 Å². The lowest BCUT2D eigenvalue weighted by atomic mass is 10.3. The molecule has 16 heavy (non-hydrogen) atoms. The predicted molar refractivity (Wildman–Crippen MR) is 59.2 cm³/mol. The Morgan fingerprint density at radius 1 is 1.44 bits per heavy atom. The molecule has 0 amide bonds. The Kier molecular flexibility index (Phi) is 2.96. The second-order valence-corrected chi connectivity index (χ2v) is 3.70. The average Bonchev–Trinajstić information content (AvgIpc) is 2.63. The number of anilines is 1. The third kappa shape index (κ3) is 2.25. The first-order valence-corrected chi connectivity index (χ1v) is 5.00. The Morgan fingerprint density at radius 3 is 2.88 bits per heavy atom. The summed E-state index contributed by atoms with van der Waals surface area (Å²) in [5.74, 6) is 0.562. The van der Waals surface area contributed by atoms with Crippen molar-refractivity contribution in [3.8, 4) is 5.75 Å². The van der Waals surface area contributed by atoms with E-state index in [4.69, 9.17) is 22.1 Å². The molecule has 0 saturated heterocycles. The van der Waals surface area contributed by atoms with Crippen LogP contribution in [0.2, 0.25) is 5.02 Å². The maximum absolute atomic E-state index is 5.77. The summed E-state index contributed by atoms with van der Waals surface area (Å²) in [4.78, 5) is 0. The van der Waals surface area contributed by atoms with Crippen molar-refractivity contribution < 1.29 is 9.37 Å². The van der Waals surface area contributed by atoms with Crippen LogP contribution in [-0.2, 0) is 6.61 Å². The van der Waals surface area contributed by atoms with Crippen LogP contribution < -0.4 is 10.5 Å². The molecule has 0 saturated carbocycles. The number of ether oxygens (including phenoxy) is 1. The number of halogens is 1. The van der Waals surface area contributed by atoms with E-state index in [-0.39, 0.29) is 6.61 Å². The van der Waals surface area contributed by atoms with Crippen LogP contribution in [0.25, 0.3) is 0 Å². The molecular weight excluding hydrogens is 230 g/mol. The van der Waals surface area contributed by atoms with Gasteiger partial charge in [0.15, 0.2) is 0 Å². The van der Waals surface area contributed by atoms with E-state index in [9.17, 15) is 0 Å². The number of aromatic nitrogens is 2. The number of hydrogen-bond donors (Lipinski definition) is 1. The van der Waals surface area contributed by atoms with Crippen molar-refractivity contribution in [1.82, 2.24) is 10.3 Å². The minimum absolute atomic E-state index is 0.265. The number of nitrogens with two attached hydrogens (primary N) is 1. The third-order valence-electron chi connectivity index (χ3n) is 2.08. The highest BCUT2D eigenvalue weighted by atomic mass is 35.5. The van der Waals surface area contributed by atoms with Gasteiger partial charge in [-0.3, -0.25) is 0 Å². The number of hydrogen-bond acceptors (Lipinski definition) is 5. The number of aryl methyl sites for hydroxylation is 1. The van der Waals surface area contributed by atoms with Crippen LogP contribution in [-0.4, -0.2) is 10.3 Å². The van der Waals surface area contributed by atoms with Crippen LogP contribution in [0.3, 0.4) is 0 Å². The molecule has 2 aromatic rings. The Bertz CT molecular complexity index is 499. The zero-order valence-electron chi connectivity index (χ0n) is 8.61. The zero-order chi connectivity index (χ0) is 11.5. The summed E-state index contributed by atoms with van der Waals surface area (Å²) in [6.45, 7) is 2.06. The number of nitrogen functional groups attached to an aromatic ring is 1. The van der Waals surface area contributed by atoms with E-state index in [0.717, 1.165) is 0 Å². The van der Waals surface area contributed by atoms with Gasteiger partial charge in [0, 0.05) is 5.02 Å². The quantitative estimate of drug-likeness (QED) is 0.831. The van der Waals surface area contributed by atoms with E-state index in [1.807, 2.05) is 0 Å². The topological polar surface area (TPSA) is 74.2 Å². The SMILES string of the molecule is Cc1nonc1COc1ccc(Cl)cc1N. The fourth-order valence-corrected chi connectivity index (χ4v) is 1.36. The molecule has 6 heteroatoms. The number of nitrogens with zero attached hydrogens (tertiary/aromatic N) is 2. The molecule has 1 aromatic carbocycles. The minimum Gasteiger partial charge on any atom is -0.485 e. The van der Waals surface area contributed by atoms with Crippen molar-refractivity contribution in [3.05, 3.63) is 34.6 Å². The smallest absolute Gasteiger partial charge is 0.145 e. The Labute approximate surface area is 97.1 Å². The normalized spacial score (nSPS) is 10.4.